The molecule has 4 heteroatoms. The lowest BCUT2D eigenvalue weighted by molar-refractivity contribution is 0.626. The van der Waals surface area contributed by atoms with Crippen molar-refractivity contribution >= 4 is 0 Å². The van der Waals surface area contributed by atoms with Crippen LogP contribution >= 0.6 is 0 Å². The van der Waals surface area contributed by atoms with Crippen molar-refractivity contribution in [2.45, 2.75) is 26.4 Å². The number of rotatable bonds is 3. The highest BCUT2D eigenvalue weighted by Crippen LogP contribution is 2.17. The molecule has 2 aromatic rings. The summed E-state index contributed by atoms with van der Waals surface area (Å²) in [4.78, 5) is 12.3. The van der Waals surface area contributed by atoms with Gasteiger partial charge in [0.05, 0.1) is 6.04 Å². The van der Waals surface area contributed by atoms with E-state index in [2.05, 4.69) is 0 Å². The molecule has 0 radical (unpaired) electrons. The zero-order valence-electron chi connectivity index (χ0n) is 11.1. The standard InChI is InChI=1S/C15H17FN2O/c1-3-18-10(2)4-9-13(15(18)19)14(17)11-5-7-12(16)8-6-11/h4-9,14H,3,17H2,1-2H3. The Hall–Kier alpha value is -1.94. The lowest BCUT2D eigenvalue weighted by atomic mass is 10.0. The molecule has 1 heterocycles. The number of hydrogen-bond acceptors (Lipinski definition) is 2. The van der Waals surface area contributed by atoms with Gasteiger partial charge in [-0.3, -0.25) is 4.79 Å². The summed E-state index contributed by atoms with van der Waals surface area (Å²) in [6, 6.07) is 9.00. The third kappa shape index (κ3) is 2.58. The van der Waals surface area contributed by atoms with Gasteiger partial charge in [-0.25, -0.2) is 4.39 Å². The first-order valence-electron chi connectivity index (χ1n) is 6.26. The van der Waals surface area contributed by atoms with Gasteiger partial charge in [-0.2, -0.15) is 0 Å². The average Bonchev–Trinajstić information content (AvgIpc) is 2.39. The monoisotopic (exact) mass is 260 g/mol. The summed E-state index contributed by atoms with van der Waals surface area (Å²) in [6.45, 7) is 4.41. The van der Waals surface area contributed by atoms with Crippen LogP contribution in [0.25, 0.3) is 0 Å². The molecule has 0 saturated carbocycles. The Morgan fingerprint density at radius 3 is 2.42 bits per heavy atom. The number of halogens is 1. The van der Waals surface area contributed by atoms with Crippen LogP contribution in [0.2, 0.25) is 0 Å². The second-order valence-electron chi connectivity index (χ2n) is 4.51. The molecule has 1 unspecified atom stereocenters. The van der Waals surface area contributed by atoms with E-state index < -0.39 is 6.04 Å². The molecule has 1 aromatic carbocycles. The summed E-state index contributed by atoms with van der Waals surface area (Å²) < 4.78 is 14.6. The highest BCUT2D eigenvalue weighted by molar-refractivity contribution is 5.30. The van der Waals surface area contributed by atoms with E-state index in [0.717, 1.165) is 11.3 Å². The maximum Gasteiger partial charge on any atom is 0.255 e. The van der Waals surface area contributed by atoms with Crippen LogP contribution in [0.4, 0.5) is 4.39 Å². The van der Waals surface area contributed by atoms with Gasteiger partial charge in [-0.15, -0.1) is 0 Å². The smallest absolute Gasteiger partial charge is 0.255 e. The molecule has 0 aliphatic heterocycles. The SMILES string of the molecule is CCn1c(C)ccc(C(N)c2ccc(F)cc2)c1=O. The van der Waals surface area contributed by atoms with Crippen LogP contribution in [-0.2, 0) is 6.54 Å². The van der Waals surface area contributed by atoms with Gasteiger partial charge in [0.2, 0.25) is 0 Å². The van der Waals surface area contributed by atoms with Crippen molar-refractivity contribution in [3.63, 3.8) is 0 Å². The van der Waals surface area contributed by atoms with Crippen LogP contribution in [0.5, 0.6) is 0 Å². The van der Waals surface area contributed by atoms with Crippen LogP contribution in [0.15, 0.2) is 41.2 Å². The zero-order chi connectivity index (χ0) is 14.0. The molecule has 0 amide bonds. The first-order valence-corrected chi connectivity index (χ1v) is 6.26. The number of hydrogen-bond donors (Lipinski definition) is 1. The van der Waals surface area contributed by atoms with E-state index in [9.17, 15) is 9.18 Å². The Balaban J connectivity index is 2.47. The van der Waals surface area contributed by atoms with E-state index in [1.54, 1.807) is 22.8 Å². The molecule has 3 nitrogen and oxygen atoms in total. The quantitative estimate of drug-likeness (QED) is 0.921. The first kappa shape index (κ1) is 13.5. The molecular formula is C15H17FN2O. The molecule has 2 N–H and O–H groups in total. The highest BCUT2D eigenvalue weighted by Gasteiger charge is 2.14. The third-order valence-electron chi connectivity index (χ3n) is 3.30. The van der Waals surface area contributed by atoms with Gasteiger partial charge in [0.15, 0.2) is 0 Å². The van der Waals surface area contributed by atoms with Crippen molar-refractivity contribution in [2.75, 3.05) is 0 Å². The summed E-state index contributed by atoms with van der Waals surface area (Å²) in [7, 11) is 0. The van der Waals surface area contributed by atoms with E-state index in [-0.39, 0.29) is 11.4 Å². The van der Waals surface area contributed by atoms with Crippen molar-refractivity contribution in [1.29, 1.82) is 0 Å². The average molecular weight is 260 g/mol. The minimum atomic E-state index is -0.536. The molecule has 0 aliphatic rings. The molecular weight excluding hydrogens is 243 g/mol. The lowest BCUT2D eigenvalue weighted by Crippen LogP contribution is -2.29. The number of pyridine rings is 1. The first-order chi connectivity index (χ1) is 9.04. The van der Waals surface area contributed by atoms with Crippen molar-refractivity contribution in [3.05, 3.63) is 69.4 Å². The van der Waals surface area contributed by atoms with Crippen molar-refractivity contribution in [3.8, 4) is 0 Å². The van der Waals surface area contributed by atoms with Crippen LogP contribution in [0.1, 0.15) is 29.8 Å². The van der Waals surface area contributed by atoms with Gasteiger partial charge < -0.3 is 10.3 Å². The normalized spacial score (nSPS) is 12.4. The molecule has 0 spiro atoms. The molecule has 2 rings (SSSR count). The van der Waals surface area contributed by atoms with Crippen molar-refractivity contribution < 1.29 is 4.39 Å². The molecule has 100 valence electrons. The predicted molar refractivity (Wildman–Crippen MR) is 73.5 cm³/mol. The van der Waals surface area contributed by atoms with E-state index >= 15 is 0 Å². The zero-order valence-corrected chi connectivity index (χ0v) is 11.1. The van der Waals surface area contributed by atoms with Gasteiger partial charge in [0.1, 0.15) is 5.82 Å². The Kier molecular flexibility index (Phi) is 3.81. The summed E-state index contributed by atoms with van der Waals surface area (Å²) in [5.41, 5.74) is 8.18. The van der Waals surface area contributed by atoms with Crippen LogP contribution in [0, 0.1) is 12.7 Å². The predicted octanol–water partition coefficient (Wildman–Crippen LogP) is 2.36. The van der Waals surface area contributed by atoms with Gasteiger partial charge in [0.25, 0.3) is 5.56 Å². The van der Waals surface area contributed by atoms with E-state index in [1.807, 2.05) is 19.9 Å². The minimum absolute atomic E-state index is 0.0840. The fourth-order valence-electron chi connectivity index (χ4n) is 2.17. The number of aromatic nitrogens is 1. The van der Waals surface area contributed by atoms with Crippen LogP contribution < -0.4 is 11.3 Å². The van der Waals surface area contributed by atoms with E-state index in [0.29, 0.717) is 12.1 Å². The number of nitrogens with two attached hydrogens (primary N) is 1. The lowest BCUT2D eigenvalue weighted by Gasteiger charge is -2.15. The van der Waals surface area contributed by atoms with E-state index in [1.165, 1.54) is 12.1 Å². The Labute approximate surface area is 111 Å². The molecule has 0 saturated heterocycles. The summed E-state index contributed by atoms with van der Waals surface area (Å²) in [6.07, 6.45) is 0. The summed E-state index contributed by atoms with van der Waals surface area (Å²) >= 11 is 0. The Morgan fingerprint density at radius 2 is 1.84 bits per heavy atom. The van der Waals surface area contributed by atoms with Gasteiger partial charge >= 0.3 is 0 Å². The van der Waals surface area contributed by atoms with Crippen molar-refractivity contribution in [1.82, 2.24) is 4.57 Å². The summed E-state index contributed by atoms with van der Waals surface area (Å²) in [5.74, 6) is -0.314. The molecule has 1 atom stereocenters. The molecule has 19 heavy (non-hydrogen) atoms. The van der Waals surface area contributed by atoms with Crippen LogP contribution in [0.3, 0.4) is 0 Å². The molecule has 0 aliphatic carbocycles. The Bertz CT molecular complexity index is 632. The van der Waals surface area contributed by atoms with Crippen LogP contribution in [-0.4, -0.2) is 4.57 Å². The number of aryl methyl sites for hydroxylation is 1. The number of nitrogens with zero attached hydrogens (tertiary/aromatic N) is 1. The maximum atomic E-state index is 12.9. The Morgan fingerprint density at radius 1 is 1.21 bits per heavy atom. The number of benzene rings is 1. The largest absolute Gasteiger partial charge is 0.320 e. The fraction of sp³-hybridized carbons (Fsp3) is 0.267. The third-order valence-corrected chi connectivity index (χ3v) is 3.30. The fourth-order valence-corrected chi connectivity index (χ4v) is 2.17. The molecule has 0 fully saturated rings. The molecule has 0 bridgehead atoms. The topological polar surface area (TPSA) is 48.0 Å². The van der Waals surface area contributed by atoms with Crippen molar-refractivity contribution in [2.24, 2.45) is 5.73 Å². The minimum Gasteiger partial charge on any atom is -0.320 e. The summed E-state index contributed by atoms with van der Waals surface area (Å²) in [5, 5.41) is 0. The molecule has 1 aromatic heterocycles. The van der Waals surface area contributed by atoms with Gasteiger partial charge in [0, 0.05) is 17.8 Å². The second-order valence-corrected chi connectivity index (χ2v) is 4.51. The highest BCUT2D eigenvalue weighted by atomic mass is 19.1. The van der Waals surface area contributed by atoms with Gasteiger partial charge in [-0.1, -0.05) is 12.1 Å². The maximum absolute atomic E-state index is 12.9. The second kappa shape index (κ2) is 5.36. The van der Waals surface area contributed by atoms with Gasteiger partial charge in [-0.05, 0) is 43.7 Å². The van der Waals surface area contributed by atoms with E-state index in [4.69, 9.17) is 5.73 Å².